The van der Waals surface area contributed by atoms with Crippen LogP contribution in [0.5, 0.6) is 0 Å². The van der Waals surface area contributed by atoms with Crippen molar-refractivity contribution in [1.82, 2.24) is 20.3 Å². The van der Waals surface area contributed by atoms with Crippen LogP contribution in [0.25, 0.3) is 22.0 Å². The number of aromatic amines is 1. The van der Waals surface area contributed by atoms with Gasteiger partial charge in [-0.25, -0.2) is 0 Å². The van der Waals surface area contributed by atoms with Crippen LogP contribution in [-0.4, -0.2) is 20.9 Å². The molecule has 5 heteroatoms. The number of pyridine rings is 2. The molecule has 4 rings (SSSR count). The summed E-state index contributed by atoms with van der Waals surface area (Å²) in [7, 11) is 0. The number of rotatable bonds is 4. The minimum atomic E-state index is -0.192. The molecule has 2 N–H and O–H groups in total. The third-order valence-electron chi connectivity index (χ3n) is 4.28. The second-order valence-electron chi connectivity index (χ2n) is 6.22. The summed E-state index contributed by atoms with van der Waals surface area (Å²) < 4.78 is 0. The lowest BCUT2D eigenvalue weighted by atomic mass is 10.0. The molecular weight excluding hydrogens is 324 g/mol. The normalized spacial score (nSPS) is 10.8. The number of nitrogens with zero attached hydrogens (tertiary/aromatic N) is 2. The average Bonchev–Trinajstić information content (AvgIpc) is 3.06. The summed E-state index contributed by atoms with van der Waals surface area (Å²) in [5, 5.41) is 4.05. The molecule has 4 aromatic rings. The number of H-pyrrole nitrogens is 1. The van der Waals surface area contributed by atoms with Gasteiger partial charge in [0.2, 0.25) is 0 Å². The Bertz CT molecular complexity index is 1070. The number of hydrogen-bond acceptors (Lipinski definition) is 3. The summed E-state index contributed by atoms with van der Waals surface area (Å²) in [6.07, 6.45) is 5.09. The van der Waals surface area contributed by atoms with Gasteiger partial charge in [-0.15, -0.1) is 0 Å². The first-order valence-electron chi connectivity index (χ1n) is 8.42. The fraction of sp³-hybridized carbons (Fsp3) is 0.0952. The first-order valence-corrected chi connectivity index (χ1v) is 8.42. The maximum absolute atomic E-state index is 12.4. The van der Waals surface area contributed by atoms with Gasteiger partial charge in [0.1, 0.15) is 5.69 Å². The molecule has 128 valence electrons. The van der Waals surface area contributed by atoms with E-state index in [9.17, 15) is 4.79 Å². The molecule has 1 aromatic carbocycles. The van der Waals surface area contributed by atoms with Gasteiger partial charge in [-0.1, -0.05) is 6.07 Å². The Morgan fingerprint density at radius 1 is 1.00 bits per heavy atom. The van der Waals surface area contributed by atoms with Crippen LogP contribution in [0.15, 0.2) is 67.1 Å². The second kappa shape index (κ2) is 6.80. The van der Waals surface area contributed by atoms with Crippen molar-refractivity contribution in [2.75, 3.05) is 0 Å². The van der Waals surface area contributed by atoms with Gasteiger partial charge in [-0.3, -0.25) is 14.8 Å². The van der Waals surface area contributed by atoms with Crippen LogP contribution in [0.4, 0.5) is 0 Å². The molecule has 3 heterocycles. The maximum atomic E-state index is 12.4. The van der Waals surface area contributed by atoms with Crippen molar-refractivity contribution in [3.8, 4) is 11.1 Å². The van der Waals surface area contributed by atoms with Crippen molar-refractivity contribution < 1.29 is 4.79 Å². The third kappa shape index (κ3) is 3.32. The molecule has 0 aliphatic heterocycles. The van der Waals surface area contributed by atoms with E-state index in [2.05, 4.69) is 38.5 Å². The minimum Gasteiger partial charge on any atom is -0.359 e. The van der Waals surface area contributed by atoms with Gasteiger partial charge >= 0.3 is 0 Å². The Hall–Kier alpha value is -3.47. The predicted molar refractivity (Wildman–Crippen MR) is 102 cm³/mol. The molecule has 0 spiro atoms. The fourth-order valence-corrected chi connectivity index (χ4v) is 2.97. The average molecular weight is 342 g/mol. The van der Waals surface area contributed by atoms with E-state index >= 15 is 0 Å². The highest BCUT2D eigenvalue weighted by atomic mass is 16.1. The first kappa shape index (κ1) is 16.0. The zero-order chi connectivity index (χ0) is 17.9. The number of aromatic nitrogens is 3. The quantitative estimate of drug-likeness (QED) is 0.591. The molecule has 0 fully saturated rings. The largest absolute Gasteiger partial charge is 0.359 e. The molecule has 26 heavy (non-hydrogen) atoms. The summed E-state index contributed by atoms with van der Waals surface area (Å²) in [6, 6.07) is 15.8. The van der Waals surface area contributed by atoms with Crippen LogP contribution in [0.3, 0.4) is 0 Å². The summed E-state index contributed by atoms with van der Waals surface area (Å²) in [4.78, 5) is 23.9. The van der Waals surface area contributed by atoms with Gasteiger partial charge in [-0.05, 0) is 66.1 Å². The van der Waals surface area contributed by atoms with E-state index in [1.54, 1.807) is 18.6 Å². The van der Waals surface area contributed by atoms with Gasteiger partial charge < -0.3 is 10.3 Å². The van der Waals surface area contributed by atoms with E-state index in [0.29, 0.717) is 12.2 Å². The Morgan fingerprint density at radius 2 is 1.81 bits per heavy atom. The standard InChI is InChI=1S/C21H18N4O/c1-14-10-18-11-16(2-3-19(18)25-14)17-6-9-23-20(12-17)21(26)24-13-15-4-7-22-8-5-15/h2-12,25H,13H2,1H3,(H,24,26). The Balaban J connectivity index is 1.56. The number of fused-ring (bicyclic) bond motifs is 1. The zero-order valence-corrected chi connectivity index (χ0v) is 14.4. The van der Waals surface area contributed by atoms with Crippen molar-refractivity contribution in [1.29, 1.82) is 0 Å². The molecule has 0 saturated carbocycles. The maximum Gasteiger partial charge on any atom is 0.270 e. The van der Waals surface area contributed by atoms with Crippen molar-refractivity contribution in [2.45, 2.75) is 13.5 Å². The number of amides is 1. The molecule has 0 aliphatic carbocycles. The molecule has 3 aromatic heterocycles. The molecule has 0 atom stereocenters. The van der Waals surface area contributed by atoms with Crippen LogP contribution in [0, 0.1) is 6.92 Å². The number of nitrogens with one attached hydrogen (secondary N) is 2. The van der Waals surface area contributed by atoms with Gasteiger partial charge in [0, 0.05) is 41.7 Å². The van der Waals surface area contributed by atoms with E-state index < -0.39 is 0 Å². The molecule has 0 unspecified atom stereocenters. The van der Waals surface area contributed by atoms with Crippen LogP contribution >= 0.6 is 0 Å². The van der Waals surface area contributed by atoms with Gasteiger partial charge in [0.25, 0.3) is 5.91 Å². The first-order chi connectivity index (χ1) is 12.7. The summed E-state index contributed by atoms with van der Waals surface area (Å²) in [5.74, 6) is -0.192. The van der Waals surface area contributed by atoms with E-state index in [0.717, 1.165) is 33.3 Å². The minimum absolute atomic E-state index is 0.192. The van der Waals surface area contributed by atoms with Crippen molar-refractivity contribution in [3.63, 3.8) is 0 Å². The lowest BCUT2D eigenvalue weighted by molar-refractivity contribution is 0.0946. The van der Waals surface area contributed by atoms with Crippen LogP contribution in [0.1, 0.15) is 21.7 Å². The van der Waals surface area contributed by atoms with Crippen LogP contribution < -0.4 is 5.32 Å². The summed E-state index contributed by atoms with van der Waals surface area (Å²) >= 11 is 0. The van der Waals surface area contributed by atoms with Crippen molar-refractivity contribution >= 4 is 16.8 Å². The molecule has 0 aliphatic rings. The highest BCUT2D eigenvalue weighted by Gasteiger charge is 2.09. The second-order valence-corrected chi connectivity index (χ2v) is 6.22. The van der Waals surface area contributed by atoms with Crippen molar-refractivity contribution in [3.05, 3.63) is 84.1 Å². The number of carbonyl (C=O) groups is 1. The predicted octanol–water partition coefficient (Wildman–Crippen LogP) is 3.86. The Morgan fingerprint density at radius 3 is 2.65 bits per heavy atom. The number of aryl methyl sites for hydroxylation is 1. The number of hydrogen-bond donors (Lipinski definition) is 2. The molecule has 5 nitrogen and oxygen atoms in total. The summed E-state index contributed by atoms with van der Waals surface area (Å²) in [6.45, 7) is 2.49. The van der Waals surface area contributed by atoms with E-state index in [4.69, 9.17) is 0 Å². The molecule has 0 saturated heterocycles. The molecule has 1 amide bonds. The highest BCUT2D eigenvalue weighted by Crippen LogP contribution is 2.25. The SMILES string of the molecule is Cc1cc2cc(-c3ccnc(C(=O)NCc4ccncc4)c3)ccc2[nH]1. The molecule has 0 bridgehead atoms. The topological polar surface area (TPSA) is 70.7 Å². The van der Waals surface area contributed by atoms with E-state index in [-0.39, 0.29) is 5.91 Å². The van der Waals surface area contributed by atoms with E-state index in [1.807, 2.05) is 37.3 Å². The monoisotopic (exact) mass is 342 g/mol. The zero-order valence-electron chi connectivity index (χ0n) is 14.4. The number of benzene rings is 1. The fourth-order valence-electron chi connectivity index (χ4n) is 2.97. The third-order valence-corrected chi connectivity index (χ3v) is 4.28. The smallest absolute Gasteiger partial charge is 0.270 e. The van der Waals surface area contributed by atoms with Gasteiger partial charge in [0.15, 0.2) is 0 Å². The Kier molecular flexibility index (Phi) is 4.19. The van der Waals surface area contributed by atoms with Gasteiger partial charge in [-0.2, -0.15) is 0 Å². The van der Waals surface area contributed by atoms with Crippen molar-refractivity contribution in [2.24, 2.45) is 0 Å². The van der Waals surface area contributed by atoms with E-state index in [1.165, 1.54) is 0 Å². The number of carbonyl (C=O) groups excluding carboxylic acids is 1. The lowest BCUT2D eigenvalue weighted by Gasteiger charge is -2.07. The Labute approximate surface area is 151 Å². The van der Waals surface area contributed by atoms with Gasteiger partial charge in [0.05, 0.1) is 0 Å². The molecule has 0 radical (unpaired) electrons. The highest BCUT2D eigenvalue weighted by molar-refractivity contribution is 5.94. The lowest BCUT2D eigenvalue weighted by Crippen LogP contribution is -2.23. The van der Waals surface area contributed by atoms with Crippen LogP contribution in [-0.2, 0) is 6.54 Å². The molecular formula is C21H18N4O. The van der Waals surface area contributed by atoms with Crippen LogP contribution in [0.2, 0.25) is 0 Å². The summed E-state index contributed by atoms with van der Waals surface area (Å²) in [5.41, 5.74) is 5.66.